The van der Waals surface area contributed by atoms with Crippen LogP contribution in [0.5, 0.6) is 0 Å². The van der Waals surface area contributed by atoms with Gasteiger partial charge in [0.05, 0.1) is 11.4 Å². The Morgan fingerprint density at radius 2 is 2.14 bits per heavy atom. The summed E-state index contributed by atoms with van der Waals surface area (Å²) in [5.41, 5.74) is 3.06. The molecule has 3 aromatic rings. The summed E-state index contributed by atoms with van der Waals surface area (Å²) in [7, 11) is 0. The fraction of sp³-hybridized carbons (Fsp3) is 0.176. The maximum Gasteiger partial charge on any atom is 0.265 e. The highest BCUT2D eigenvalue weighted by atomic mass is 32.1. The summed E-state index contributed by atoms with van der Waals surface area (Å²) in [4.78, 5) is 14.2. The number of carbonyl (C=O) groups is 1. The van der Waals surface area contributed by atoms with Crippen LogP contribution in [0.3, 0.4) is 0 Å². The number of thiophene rings is 1. The Balaban J connectivity index is 1.73. The van der Waals surface area contributed by atoms with Gasteiger partial charge in [-0.15, -0.1) is 11.3 Å². The Morgan fingerprint density at radius 3 is 2.82 bits per heavy atom. The first-order valence-electron chi connectivity index (χ1n) is 7.06. The molecule has 1 aromatic carbocycles. The number of aryl methyl sites for hydroxylation is 2. The molecule has 0 radical (unpaired) electrons. The van der Waals surface area contributed by atoms with E-state index in [0.717, 1.165) is 21.7 Å². The van der Waals surface area contributed by atoms with Crippen molar-refractivity contribution in [3.63, 3.8) is 0 Å². The highest BCUT2D eigenvalue weighted by molar-refractivity contribution is 7.14. The molecule has 2 aromatic heterocycles. The van der Waals surface area contributed by atoms with Gasteiger partial charge in [-0.25, -0.2) is 0 Å². The third-order valence-corrected chi connectivity index (χ3v) is 4.63. The quantitative estimate of drug-likeness (QED) is 0.795. The van der Waals surface area contributed by atoms with Crippen LogP contribution in [0.2, 0.25) is 0 Å². The summed E-state index contributed by atoms with van der Waals surface area (Å²) in [5, 5.41) is 7.15. The summed E-state index contributed by atoms with van der Waals surface area (Å²) >= 11 is 1.52. The van der Waals surface area contributed by atoms with Gasteiger partial charge in [0, 0.05) is 23.0 Å². The average molecular weight is 311 g/mol. The first-order valence-corrected chi connectivity index (χ1v) is 7.88. The number of amides is 1. The molecule has 0 atom stereocenters. The van der Waals surface area contributed by atoms with E-state index in [1.807, 2.05) is 61.1 Å². The number of anilines is 1. The molecule has 1 N–H and O–H groups in total. The van der Waals surface area contributed by atoms with Crippen molar-refractivity contribution in [2.75, 3.05) is 5.32 Å². The molecule has 0 aliphatic carbocycles. The Hall–Kier alpha value is -2.40. The molecule has 0 fully saturated rings. The van der Waals surface area contributed by atoms with E-state index in [2.05, 4.69) is 10.4 Å². The van der Waals surface area contributed by atoms with Crippen LogP contribution in [0, 0.1) is 13.8 Å². The average Bonchev–Trinajstić information content (AvgIpc) is 3.10. The van der Waals surface area contributed by atoms with Gasteiger partial charge in [0.1, 0.15) is 0 Å². The second-order valence-corrected chi connectivity index (χ2v) is 6.46. The largest absolute Gasteiger partial charge is 0.321 e. The van der Waals surface area contributed by atoms with E-state index < -0.39 is 0 Å². The maximum absolute atomic E-state index is 12.3. The molecular weight excluding hydrogens is 294 g/mol. The Morgan fingerprint density at radius 1 is 1.27 bits per heavy atom. The van der Waals surface area contributed by atoms with Crippen LogP contribution in [0.1, 0.15) is 25.7 Å². The molecule has 0 saturated heterocycles. The van der Waals surface area contributed by atoms with Gasteiger partial charge in [-0.05, 0) is 49.2 Å². The van der Waals surface area contributed by atoms with E-state index in [1.54, 1.807) is 6.20 Å². The molecule has 1 amide bonds. The molecule has 0 spiro atoms. The van der Waals surface area contributed by atoms with E-state index in [1.165, 1.54) is 16.2 Å². The van der Waals surface area contributed by atoms with Crippen molar-refractivity contribution in [2.45, 2.75) is 20.4 Å². The van der Waals surface area contributed by atoms with Gasteiger partial charge >= 0.3 is 0 Å². The number of rotatable bonds is 4. The van der Waals surface area contributed by atoms with Crippen LogP contribution in [-0.2, 0) is 6.54 Å². The predicted molar refractivity (Wildman–Crippen MR) is 89.5 cm³/mol. The minimum Gasteiger partial charge on any atom is -0.321 e. The third-order valence-electron chi connectivity index (χ3n) is 3.48. The molecule has 2 heterocycles. The highest BCUT2D eigenvalue weighted by Crippen LogP contribution is 2.22. The number of aromatic nitrogens is 2. The fourth-order valence-corrected chi connectivity index (χ4v) is 3.14. The summed E-state index contributed by atoms with van der Waals surface area (Å²) in [5.74, 6) is -0.0579. The Labute approximate surface area is 133 Å². The van der Waals surface area contributed by atoms with Crippen molar-refractivity contribution in [3.05, 3.63) is 69.7 Å². The fourth-order valence-electron chi connectivity index (χ4n) is 2.21. The number of carbonyl (C=O) groups excluding carboxylic acids is 1. The third kappa shape index (κ3) is 3.26. The number of hydrogen-bond donors (Lipinski definition) is 1. The van der Waals surface area contributed by atoms with Gasteiger partial charge in [0.15, 0.2) is 0 Å². The van der Waals surface area contributed by atoms with Crippen LogP contribution < -0.4 is 5.32 Å². The van der Waals surface area contributed by atoms with Crippen molar-refractivity contribution >= 4 is 22.9 Å². The van der Waals surface area contributed by atoms with Crippen LogP contribution in [0.4, 0.5) is 5.69 Å². The van der Waals surface area contributed by atoms with E-state index in [0.29, 0.717) is 6.54 Å². The molecule has 0 aliphatic heterocycles. The normalized spacial score (nSPS) is 10.6. The SMILES string of the molecule is Cc1cc(C(=O)Nc2cccc(Cn3cccn3)c2)sc1C. The Bertz CT molecular complexity index is 771. The number of nitrogens with one attached hydrogen (secondary N) is 1. The highest BCUT2D eigenvalue weighted by Gasteiger charge is 2.11. The lowest BCUT2D eigenvalue weighted by Gasteiger charge is -2.07. The zero-order valence-corrected chi connectivity index (χ0v) is 13.4. The molecule has 0 saturated carbocycles. The monoisotopic (exact) mass is 311 g/mol. The zero-order valence-electron chi connectivity index (χ0n) is 12.5. The van der Waals surface area contributed by atoms with Crippen molar-refractivity contribution < 1.29 is 4.79 Å². The molecule has 0 unspecified atom stereocenters. The van der Waals surface area contributed by atoms with Crippen molar-refractivity contribution in [1.29, 1.82) is 0 Å². The predicted octanol–water partition coefficient (Wildman–Crippen LogP) is 3.86. The number of hydrogen-bond acceptors (Lipinski definition) is 3. The summed E-state index contributed by atoms with van der Waals surface area (Å²) in [6.45, 7) is 4.74. The molecule has 0 aliphatic rings. The Kier molecular flexibility index (Phi) is 4.06. The zero-order chi connectivity index (χ0) is 15.5. The number of nitrogens with zero attached hydrogens (tertiary/aromatic N) is 2. The first kappa shape index (κ1) is 14.5. The van der Waals surface area contributed by atoms with Crippen molar-refractivity contribution in [2.24, 2.45) is 0 Å². The molecule has 3 rings (SSSR count). The van der Waals surface area contributed by atoms with E-state index in [4.69, 9.17) is 0 Å². The van der Waals surface area contributed by atoms with Crippen molar-refractivity contribution in [1.82, 2.24) is 9.78 Å². The van der Waals surface area contributed by atoms with Gasteiger partial charge in [0.2, 0.25) is 0 Å². The van der Waals surface area contributed by atoms with Gasteiger partial charge < -0.3 is 5.32 Å². The van der Waals surface area contributed by atoms with Gasteiger partial charge in [0.25, 0.3) is 5.91 Å². The minimum absolute atomic E-state index is 0.0579. The lowest BCUT2D eigenvalue weighted by atomic mass is 10.2. The second-order valence-electron chi connectivity index (χ2n) is 5.21. The topological polar surface area (TPSA) is 46.9 Å². The van der Waals surface area contributed by atoms with Crippen molar-refractivity contribution in [3.8, 4) is 0 Å². The summed E-state index contributed by atoms with van der Waals surface area (Å²) < 4.78 is 1.85. The van der Waals surface area contributed by atoms with Gasteiger partial charge in [-0.1, -0.05) is 12.1 Å². The minimum atomic E-state index is -0.0579. The molecule has 0 bridgehead atoms. The summed E-state index contributed by atoms with van der Waals surface area (Å²) in [6.07, 6.45) is 3.68. The molecular formula is C17H17N3OS. The first-order chi connectivity index (χ1) is 10.6. The second kappa shape index (κ2) is 6.15. The summed E-state index contributed by atoms with van der Waals surface area (Å²) in [6, 6.07) is 11.7. The lowest BCUT2D eigenvalue weighted by Crippen LogP contribution is -2.10. The van der Waals surface area contributed by atoms with Crippen LogP contribution in [0.25, 0.3) is 0 Å². The lowest BCUT2D eigenvalue weighted by molar-refractivity contribution is 0.103. The molecule has 112 valence electrons. The van der Waals surface area contributed by atoms with Crippen LogP contribution >= 0.6 is 11.3 Å². The molecule has 4 nitrogen and oxygen atoms in total. The standard InChI is InChI=1S/C17H17N3OS/c1-12-9-16(22-13(12)2)17(21)19-15-6-3-5-14(10-15)11-20-8-4-7-18-20/h3-10H,11H2,1-2H3,(H,19,21). The van der Waals surface area contributed by atoms with E-state index in [-0.39, 0.29) is 5.91 Å². The van der Waals surface area contributed by atoms with E-state index >= 15 is 0 Å². The number of benzene rings is 1. The smallest absolute Gasteiger partial charge is 0.265 e. The van der Waals surface area contributed by atoms with E-state index in [9.17, 15) is 4.79 Å². The van der Waals surface area contributed by atoms with Crippen LogP contribution in [0.15, 0.2) is 48.8 Å². The maximum atomic E-state index is 12.3. The van der Waals surface area contributed by atoms with Gasteiger partial charge in [-0.3, -0.25) is 9.48 Å². The molecule has 22 heavy (non-hydrogen) atoms. The molecule has 5 heteroatoms. The van der Waals surface area contributed by atoms with Crippen LogP contribution in [-0.4, -0.2) is 15.7 Å². The van der Waals surface area contributed by atoms with Gasteiger partial charge in [-0.2, -0.15) is 5.10 Å².